The number of aryl methyl sites for hydroxylation is 1. The van der Waals surface area contributed by atoms with Gasteiger partial charge in [0.05, 0.1) is 12.2 Å². The monoisotopic (exact) mass is 434 g/mol. The predicted octanol–water partition coefficient (Wildman–Crippen LogP) is 3.90. The highest BCUT2D eigenvalue weighted by Crippen LogP contribution is 2.36. The number of fused-ring (bicyclic) bond motifs is 1. The van der Waals surface area contributed by atoms with Crippen molar-refractivity contribution in [3.8, 4) is 6.01 Å². The minimum atomic E-state index is -0.196. The predicted molar refractivity (Wildman–Crippen MR) is 121 cm³/mol. The number of ether oxygens (including phenoxy) is 2. The van der Waals surface area contributed by atoms with Gasteiger partial charge in [0.15, 0.2) is 0 Å². The number of carbonyl (C=O) groups is 1. The van der Waals surface area contributed by atoms with Gasteiger partial charge in [0.2, 0.25) is 5.91 Å². The summed E-state index contributed by atoms with van der Waals surface area (Å²) in [6.07, 6.45) is 11.3. The molecule has 0 radical (unpaired) electrons. The van der Waals surface area contributed by atoms with Gasteiger partial charge in [-0.05, 0) is 43.4 Å². The number of carbonyl (C=O) groups excluding carboxylic acids is 1. The fourth-order valence-corrected chi connectivity index (χ4v) is 5.02. The molecule has 1 atom stereocenters. The number of aromatic nitrogens is 3. The Morgan fingerprint density at radius 2 is 2.00 bits per heavy atom. The molecular formula is C25H30N4O3. The molecule has 2 aromatic heterocycles. The molecule has 1 N–H and O–H groups in total. The minimum absolute atomic E-state index is 0.0598. The number of benzene rings is 1. The Balaban J connectivity index is 1.09. The summed E-state index contributed by atoms with van der Waals surface area (Å²) >= 11 is 0. The first-order valence-corrected chi connectivity index (χ1v) is 11.6. The summed E-state index contributed by atoms with van der Waals surface area (Å²) < 4.78 is 12.2. The van der Waals surface area contributed by atoms with E-state index in [1.807, 2.05) is 11.0 Å². The third kappa shape index (κ3) is 4.63. The molecule has 0 bridgehead atoms. The van der Waals surface area contributed by atoms with E-state index in [0.29, 0.717) is 19.0 Å². The van der Waals surface area contributed by atoms with Crippen molar-refractivity contribution < 1.29 is 14.3 Å². The zero-order valence-corrected chi connectivity index (χ0v) is 18.3. The Bertz CT molecular complexity index is 1040. The van der Waals surface area contributed by atoms with Crippen LogP contribution in [0.5, 0.6) is 6.01 Å². The second-order valence-electron chi connectivity index (χ2n) is 8.89. The maximum atomic E-state index is 12.8. The Labute approximate surface area is 188 Å². The van der Waals surface area contributed by atoms with Crippen molar-refractivity contribution in [3.05, 3.63) is 54.5 Å². The molecule has 7 nitrogen and oxygen atoms in total. The van der Waals surface area contributed by atoms with E-state index in [0.717, 1.165) is 57.1 Å². The molecule has 0 saturated carbocycles. The van der Waals surface area contributed by atoms with Crippen LogP contribution in [0.1, 0.15) is 44.1 Å². The molecule has 7 heteroatoms. The van der Waals surface area contributed by atoms with Crippen molar-refractivity contribution in [1.82, 2.24) is 19.9 Å². The fraction of sp³-hybridized carbons (Fsp3) is 0.480. The average molecular weight is 435 g/mol. The van der Waals surface area contributed by atoms with Crippen molar-refractivity contribution in [2.24, 2.45) is 0 Å². The summed E-state index contributed by atoms with van der Waals surface area (Å²) in [7, 11) is 0. The van der Waals surface area contributed by atoms with Gasteiger partial charge in [-0.15, -0.1) is 0 Å². The SMILES string of the molecule is O=C(CCCc1c[nH]c2ccccc12)N1CCC2(CC1)CC(Oc1ncccn1)CCO2. The number of hydrogen-bond acceptors (Lipinski definition) is 5. The molecule has 1 unspecified atom stereocenters. The van der Waals surface area contributed by atoms with E-state index in [4.69, 9.17) is 9.47 Å². The molecular weight excluding hydrogens is 404 g/mol. The lowest BCUT2D eigenvalue weighted by Crippen LogP contribution is -2.52. The van der Waals surface area contributed by atoms with Gasteiger partial charge in [-0.25, -0.2) is 9.97 Å². The third-order valence-electron chi connectivity index (χ3n) is 6.80. The molecule has 1 amide bonds. The third-order valence-corrected chi connectivity index (χ3v) is 6.80. The summed E-state index contributed by atoms with van der Waals surface area (Å²) in [6, 6.07) is 10.5. The van der Waals surface area contributed by atoms with Crippen molar-refractivity contribution in [2.45, 2.75) is 56.7 Å². The smallest absolute Gasteiger partial charge is 0.316 e. The van der Waals surface area contributed by atoms with Crippen molar-refractivity contribution in [3.63, 3.8) is 0 Å². The van der Waals surface area contributed by atoms with Crippen LogP contribution in [-0.2, 0) is 16.0 Å². The van der Waals surface area contributed by atoms with Crippen LogP contribution in [0.15, 0.2) is 48.9 Å². The number of nitrogens with zero attached hydrogens (tertiary/aromatic N) is 3. The first-order valence-electron chi connectivity index (χ1n) is 11.6. The highest BCUT2D eigenvalue weighted by Gasteiger charge is 2.42. The van der Waals surface area contributed by atoms with Crippen LogP contribution in [0.2, 0.25) is 0 Å². The molecule has 3 aromatic rings. The summed E-state index contributed by atoms with van der Waals surface area (Å²) in [5.74, 6) is 0.251. The minimum Gasteiger partial charge on any atom is -0.460 e. The molecule has 1 spiro atoms. The summed E-state index contributed by atoms with van der Waals surface area (Å²) in [4.78, 5) is 26.5. The molecule has 32 heavy (non-hydrogen) atoms. The number of amides is 1. The van der Waals surface area contributed by atoms with Gasteiger partial charge in [-0.3, -0.25) is 4.79 Å². The lowest BCUT2D eigenvalue weighted by atomic mass is 9.83. The summed E-state index contributed by atoms with van der Waals surface area (Å²) in [6.45, 7) is 2.18. The van der Waals surface area contributed by atoms with Crippen LogP contribution in [0, 0.1) is 0 Å². The molecule has 1 aromatic carbocycles. The Morgan fingerprint density at radius 1 is 1.19 bits per heavy atom. The lowest BCUT2D eigenvalue weighted by Gasteiger charge is -2.45. The maximum absolute atomic E-state index is 12.8. The highest BCUT2D eigenvalue weighted by molar-refractivity contribution is 5.83. The van der Waals surface area contributed by atoms with Crippen molar-refractivity contribution in [2.75, 3.05) is 19.7 Å². The van der Waals surface area contributed by atoms with E-state index < -0.39 is 0 Å². The van der Waals surface area contributed by atoms with Gasteiger partial charge in [0.1, 0.15) is 6.10 Å². The molecule has 2 fully saturated rings. The van der Waals surface area contributed by atoms with Crippen LogP contribution in [0.4, 0.5) is 0 Å². The van der Waals surface area contributed by atoms with Gasteiger partial charge in [-0.1, -0.05) is 18.2 Å². The number of H-pyrrole nitrogens is 1. The van der Waals surface area contributed by atoms with Crippen molar-refractivity contribution >= 4 is 16.8 Å². The average Bonchev–Trinajstić information content (AvgIpc) is 3.23. The molecule has 2 saturated heterocycles. The molecule has 168 valence electrons. The lowest BCUT2D eigenvalue weighted by molar-refractivity contribution is -0.152. The van der Waals surface area contributed by atoms with E-state index in [9.17, 15) is 4.79 Å². The van der Waals surface area contributed by atoms with Gasteiger partial charge < -0.3 is 19.4 Å². The topological polar surface area (TPSA) is 80.3 Å². The van der Waals surface area contributed by atoms with Crippen molar-refractivity contribution in [1.29, 1.82) is 0 Å². The van der Waals surface area contributed by atoms with Crippen LogP contribution >= 0.6 is 0 Å². The number of piperidine rings is 1. The highest BCUT2D eigenvalue weighted by atomic mass is 16.5. The fourth-order valence-electron chi connectivity index (χ4n) is 5.02. The van der Waals surface area contributed by atoms with Crippen LogP contribution in [-0.4, -0.2) is 57.2 Å². The Kier molecular flexibility index (Phi) is 6.08. The zero-order valence-electron chi connectivity index (χ0n) is 18.3. The van der Waals surface area contributed by atoms with Gasteiger partial charge in [0, 0.05) is 61.8 Å². The van der Waals surface area contributed by atoms with Crippen LogP contribution < -0.4 is 4.74 Å². The Morgan fingerprint density at radius 3 is 2.84 bits per heavy atom. The van der Waals surface area contributed by atoms with Gasteiger partial charge >= 0.3 is 6.01 Å². The number of para-hydroxylation sites is 1. The largest absolute Gasteiger partial charge is 0.460 e. The summed E-state index contributed by atoms with van der Waals surface area (Å²) in [5.41, 5.74) is 2.25. The first kappa shape index (κ1) is 20.9. The quantitative estimate of drug-likeness (QED) is 0.636. The van der Waals surface area contributed by atoms with E-state index in [1.54, 1.807) is 18.5 Å². The Hall–Kier alpha value is -2.93. The van der Waals surface area contributed by atoms with Crippen LogP contribution in [0.3, 0.4) is 0 Å². The number of nitrogens with one attached hydrogen (secondary N) is 1. The molecule has 2 aliphatic rings. The van der Waals surface area contributed by atoms with Crippen LogP contribution in [0.25, 0.3) is 10.9 Å². The second-order valence-corrected chi connectivity index (χ2v) is 8.89. The molecule has 2 aliphatic heterocycles. The first-order chi connectivity index (χ1) is 15.7. The standard InChI is InChI=1S/C25H30N4O3/c30-23(8-3-5-19-18-28-22-7-2-1-6-21(19)22)29-14-10-25(11-15-29)17-20(9-16-31-25)32-24-26-12-4-13-27-24/h1-2,4,6-7,12-13,18,20,28H,3,5,8-11,14-17H2. The number of hydrogen-bond donors (Lipinski definition) is 1. The van der Waals surface area contributed by atoms with E-state index in [-0.39, 0.29) is 17.6 Å². The molecule has 5 rings (SSSR count). The normalized spacial score (nSPS) is 20.5. The zero-order chi connectivity index (χ0) is 21.8. The van der Waals surface area contributed by atoms with Gasteiger partial charge in [0.25, 0.3) is 0 Å². The maximum Gasteiger partial charge on any atom is 0.316 e. The molecule has 0 aliphatic carbocycles. The molecule has 4 heterocycles. The second kappa shape index (κ2) is 9.28. The number of rotatable bonds is 6. The summed E-state index contributed by atoms with van der Waals surface area (Å²) in [5, 5.41) is 1.26. The van der Waals surface area contributed by atoms with E-state index >= 15 is 0 Å². The van der Waals surface area contributed by atoms with E-state index in [2.05, 4.69) is 39.3 Å². The van der Waals surface area contributed by atoms with Gasteiger partial charge in [-0.2, -0.15) is 0 Å². The van der Waals surface area contributed by atoms with E-state index in [1.165, 1.54) is 10.9 Å². The number of likely N-dealkylation sites (tertiary alicyclic amines) is 1. The number of aromatic amines is 1.